The van der Waals surface area contributed by atoms with Gasteiger partial charge in [-0.3, -0.25) is 0 Å². The summed E-state index contributed by atoms with van der Waals surface area (Å²) in [7, 11) is 0. The summed E-state index contributed by atoms with van der Waals surface area (Å²) in [5, 5.41) is 14.5. The maximum atomic E-state index is 11.5. The molecule has 0 aliphatic carbocycles. The molecular weight excluding hydrogens is 260 g/mol. The van der Waals surface area contributed by atoms with Gasteiger partial charge in [-0.25, -0.2) is 4.79 Å². The number of carbonyl (C=O) groups excluding carboxylic acids is 1. The zero-order valence-corrected chi connectivity index (χ0v) is 12.5. The Labute approximate surface area is 119 Å². The quantitative estimate of drug-likeness (QED) is 0.701. The van der Waals surface area contributed by atoms with Crippen LogP contribution in [-0.4, -0.2) is 35.6 Å². The van der Waals surface area contributed by atoms with Crippen LogP contribution in [0.2, 0.25) is 0 Å². The molecule has 0 saturated carbocycles. The molecule has 2 amide bonds. The highest BCUT2D eigenvalue weighted by atomic mass is 32.2. The van der Waals surface area contributed by atoms with Crippen LogP contribution in [0.1, 0.15) is 19.4 Å². The van der Waals surface area contributed by atoms with Gasteiger partial charge in [0, 0.05) is 23.2 Å². The highest BCUT2D eigenvalue weighted by Gasteiger charge is 2.08. The van der Waals surface area contributed by atoms with Gasteiger partial charge in [0.2, 0.25) is 0 Å². The molecule has 0 radical (unpaired) electrons. The van der Waals surface area contributed by atoms with E-state index in [9.17, 15) is 4.79 Å². The van der Waals surface area contributed by atoms with Crippen LogP contribution in [0.3, 0.4) is 0 Å². The average Bonchev–Trinajstić information content (AvgIpc) is 2.36. The number of carbonyl (C=O) groups is 1. The zero-order chi connectivity index (χ0) is 14.3. The Hall–Kier alpha value is -1.20. The first-order valence-corrected chi connectivity index (χ1v) is 7.38. The fourth-order valence-electron chi connectivity index (χ4n) is 1.41. The standard InChI is InChI=1S/C14H22N2O2S/c1-10-4-6-13(7-5-10)19-9-11(2)16-14(18)15-8-12(3)17/h4-7,11-12,17H,8-9H2,1-3H3,(H2,15,16,18)/t11?,12-/m1/s1. The SMILES string of the molecule is Cc1ccc(SCC(C)NC(=O)NC[C@@H](C)O)cc1. The van der Waals surface area contributed by atoms with E-state index in [0.29, 0.717) is 0 Å². The van der Waals surface area contributed by atoms with Crippen LogP contribution in [0.15, 0.2) is 29.2 Å². The maximum Gasteiger partial charge on any atom is 0.315 e. The molecule has 1 aromatic carbocycles. The lowest BCUT2D eigenvalue weighted by molar-refractivity contribution is 0.187. The summed E-state index contributed by atoms with van der Waals surface area (Å²) in [6.07, 6.45) is -0.525. The van der Waals surface area contributed by atoms with E-state index in [-0.39, 0.29) is 18.6 Å². The lowest BCUT2D eigenvalue weighted by Crippen LogP contribution is -2.43. The van der Waals surface area contributed by atoms with Gasteiger partial charge in [0.25, 0.3) is 0 Å². The first kappa shape index (κ1) is 15.9. The van der Waals surface area contributed by atoms with Gasteiger partial charge in [0.1, 0.15) is 0 Å². The number of aliphatic hydroxyl groups is 1. The van der Waals surface area contributed by atoms with Crippen molar-refractivity contribution in [3.8, 4) is 0 Å². The smallest absolute Gasteiger partial charge is 0.315 e. The van der Waals surface area contributed by atoms with E-state index in [1.807, 2.05) is 6.92 Å². The molecule has 2 atom stereocenters. The Bertz CT molecular complexity index is 393. The van der Waals surface area contributed by atoms with E-state index >= 15 is 0 Å². The molecule has 0 aliphatic heterocycles. The first-order valence-electron chi connectivity index (χ1n) is 6.39. The average molecular weight is 282 g/mol. The third-order valence-electron chi connectivity index (χ3n) is 2.46. The van der Waals surface area contributed by atoms with Gasteiger partial charge < -0.3 is 15.7 Å². The highest BCUT2D eigenvalue weighted by Crippen LogP contribution is 2.18. The molecule has 0 fully saturated rings. The lowest BCUT2D eigenvalue weighted by atomic mass is 10.2. The molecule has 106 valence electrons. The summed E-state index contributed by atoms with van der Waals surface area (Å²) in [6, 6.07) is 8.16. The van der Waals surface area contributed by atoms with Gasteiger partial charge in [0.05, 0.1) is 6.10 Å². The largest absolute Gasteiger partial charge is 0.392 e. The van der Waals surface area contributed by atoms with Crippen molar-refractivity contribution in [3.05, 3.63) is 29.8 Å². The van der Waals surface area contributed by atoms with E-state index in [2.05, 4.69) is 41.8 Å². The molecule has 0 spiro atoms. The molecule has 0 aliphatic rings. The summed E-state index contributed by atoms with van der Waals surface area (Å²) in [5.74, 6) is 0.811. The van der Waals surface area contributed by atoms with Crippen LogP contribution in [0, 0.1) is 6.92 Å². The van der Waals surface area contributed by atoms with Crippen molar-refractivity contribution in [2.45, 2.75) is 37.8 Å². The number of thioether (sulfide) groups is 1. The predicted molar refractivity (Wildman–Crippen MR) is 79.6 cm³/mol. The molecule has 5 heteroatoms. The monoisotopic (exact) mass is 282 g/mol. The molecule has 4 nitrogen and oxygen atoms in total. The van der Waals surface area contributed by atoms with E-state index in [1.165, 1.54) is 10.5 Å². The lowest BCUT2D eigenvalue weighted by Gasteiger charge is -2.15. The van der Waals surface area contributed by atoms with Gasteiger partial charge >= 0.3 is 6.03 Å². The van der Waals surface area contributed by atoms with E-state index in [0.717, 1.165) is 5.75 Å². The molecule has 1 aromatic rings. The van der Waals surface area contributed by atoms with Gasteiger partial charge in [0.15, 0.2) is 0 Å². The molecule has 0 aromatic heterocycles. The van der Waals surface area contributed by atoms with Gasteiger partial charge in [-0.2, -0.15) is 0 Å². The van der Waals surface area contributed by atoms with Crippen LogP contribution >= 0.6 is 11.8 Å². The van der Waals surface area contributed by atoms with Gasteiger partial charge in [-0.1, -0.05) is 17.7 Å². The summed E-state index contributed by atoms with van der Waals surface area (Å²) in [5.41, 5.74) is 1.24. The molecule has 1 rings (SSSR count). The second-order valence-corrected chi connectivity index (χ2v) is 5.82. The Morgan fingerprint density at radius 3 is 2.53 bits per heavy atom. The van der Waals surface area contributed by atoms with Crippen molar-refractivity contribution in [3.63, 3.8) is 0 Å². The number of aryl methyl sites for hydroxylation is 1. The normalized spacial score (nSPS) is 13.7. The van der Waals surface area contributed by atoms with Crippen LogP contribution in [-0.2, 0) is 0 Å². The number of urea groups is 1. The fourth-order valence-corrected chi connectivity index (χ4v) is 2.27. The molecule has 19 heavy (non-hydrogen) atoms. The van der Waals surface area contributed by atoms with Crippen LogP contribution in [0.4, 0.5) is 4.79 Å². The van der Waals surface area contributed by atoms with Crippen molar-refractivity contribution in [2.75, 3.05) is 12.3 Å². The number of amides is 2. The Morgan fingerprint density at radius 1 is 1.32 bits per heavy atom. The number of aliphatic hydroxyl groups excluding tert-OH is 1. The summed E-state index contributed by atoms with van der Waals surface area (Å²) >= 11 is 1.71. The number of nitrogens with one attached hydrogen (secondary N) is 2. The number of hydrogen-bond acceptors (Lipinski definition) is 3. The molecule has 1 unspecified atom stereocenters. The van der Waals surface area contributed by atoms with E-state index in [4.69, 9.17) is 5.11 Å². The van der Waals surface area contributed by atoms with E-state index in [1.54, 1.807) is 18.7 Å². The second-order valence-electron chi connectivity index (χ2n) is 4.73. The second kappa shape index (κ2) is 8.07. The van der Waals surface area contributed by atoms with Crippen LogP contribution in [0.5, 0.6) is 0 Å². The Balaban J connectivity index is 2.25. The molecular formula is C14H22N2O2S. The minimum absolute atomic E-state index is 0.0697. The predicted octanol–water partition coefficient (Wildman–Crippen LogP) is 2.16. The Kier molecular flexibility index (Phi) is 6.73. The summed E-state index contributed by atoms with van der Waals surface area (Å²) < 4.78 is 0. The first-order chi connectivity index (χ1) is 8.97. The fraction of sp³-hybridized carbons (Fsp3) is 0.500. The zero-order valence-electron chi connectivity index (χ0n) is 11.6. The van der Waals surface area contributed by atoms with Crippen molar-refractivity contribution >= 4 is 17.8 Å². The third kappa shape index (κ3) is 7.08. The Morgan fingerprint density at radius 2 is 1.95 bits per heavy atom. The molecule has 3 N–H and O–H groups in total. The summed E-state index contributed by atoms with van der Waals surface area (Å²) in [4.78, 5) is 12.7. The van der Waals surface area contributed by atoms with Gasteiger partial charge in [-0.05, 0) is 32.9 Å². The highest BCUT2D eigenvalue weighted by molar-refractivity contribution is 7.99. The minimum atomic E-state index is -0.525. The van der Waals surface area contributed by atoms with Gasteiger partial charge in [-0.15, -0.1) is 11.8 Å². The maximum absolute atomic E-state index is 11.5. The van der Waals surface area contributed by atoms with Crippen molar-refractivity contribution in [1.82, 2.24) is 10.6 Å². The van der Waals surface area contributed by atoms with Crippen molar-refractivity contribution in [2.24, 2.45) is 0 Å². The van der Waals surface area contributed by atoms with Crippen LogP contribution < -0.4 is 10.6 Å². The number of benzene rings is 1. The number of hydrogen-bond donors (Lipinski definition) is 3. The van der Waals surface area contributed by atoms with E-state index < -0.39 is 6.10 Å². The topological polar surface area (TPSA) is 61.4 Å². The summed E-state index contributed by atoms with van der Waals surface area (Å²) in [6.45, 7) is 5.93. The van der Waals surface area contributed by atoms with Crippen molar-refractivity contribution in [1.29, 1.82) is 0 Å². The van der Waals surface area contributed by atoms with Crippen molar-refractivity contribution < 1.29 is 9.90 Å². The minimum Gasteiger partial charge on any atom is -0.392 e. The number of rotatable bonds is 6. The van der Waals surface area contributed by atoms with Crippen LogP contribution in [0.25, 0.3) is 0 Å². The molecule has 0 bridgehead atoms. The molecule has 0 heterocycles. The molecule has 0 saturated heterocycles. The third-order valence-corrected chi connectivity index (χ3v) is 3.73.